The van der Waals surface area contributed by atoms with Crippen LogP contribution in [0.4, 0.5) is 10.1 Å². The van der Waals surface area contributed by atoms with E-state index in [-0.39, 0.29) is 18.3 Å². The van der Waals surface area contributed by atoms with Crippen molar-refractivity contribution in [3.8, 4) is 0 Å². The zero-order valence-corrected chi connectivity index (χ0v) is 13.2. The summed E-state index contributed by atoms with van der Waals surface area (Å²) in [6.07, 6.45) is 1.92. The predicted molar refractivity (Wildman–Crippen MR) is 85.0 cm³/mol. The van der Waals surface area contributed by atoms with Gasteiger partial charge in [-0.2, -0.15) is 0 Å². The van der Waals surface area contributed by atoms with Crippen molar-refractivity contribution in [3.63, 3.8) is 0 Å². The van der Waals surface area contributed by atoms with Crippen LogP contribution in [0.3, 0.4) is 0 Å². The van der Waals surface area contributed by atoms with Crippen molar-refractivity contribution in [2.24, 2.45) is 0 Å². The van der Waals surface area contributed by atoms with Crippen LogP contribution in [-0.2, 0) is 11.3 Å². The minimum Gasteiger partial charge on any atom is -0.363 e. The number of para-hydroxylation sites is 1. The molecule has 0 saturated carbocycles. The molecule has 1 aromatic rings. The van der Waals surface area contributed by atoms with E-state index < -0.39 is 0 Å². The molecule has 21 heavy (non-hydrogen) atoms. The summed E-state index contributed by atoms with van der Waals surface area (Å²) in [5.74, 6) is -0.383. The van der Waals surface area contributed by atoms with Gasteiger partial charge in [-0.05, 0) is 31.0 Å². The van der Waals surface area contributed by atoms with E-state index in [1.54, 1.807) is 18.0 Å². The van der Waals surface area contributed by atoms with Crippen LogP contribution >= 0.6 is 0 Å². The molecule has 0 bridgehead atoms. The largest absolute Gasteiger partial charge is 0.363 e. The molecule has 0 atom stereocenters. The average Bonchev–Trinajstić information content (AvgIpc) is 2.45. The smallest absolute Gasteiger partial charge is 0.239 e. The summed E-state index contributed by atoms with van der Waals surface area (Å²) in [6, 6.07) is 5.02. The van der Waals surface area contributed by atoms with Crippen molar-refractivity contribution in [2.45, 2.75) is 33.2 Å². The number of likely N-dealkylation sites (N-methyl/N-ethyl adjacent to an activating group) is 1. The molecule has 0 saturated heterocycles. The number of anilines is 1. The lowest BCUT2D eigenvalue weighted by atomic mass is 10.1. The normalized spacial score (nSPS) is 10.5. The summed E-state index contributed by atoms with van der Waals surface area (Å²) in [5, 5.41) is 6.07. The molecule has 0 fully saturated rings. The molecule has 0 aliphatic carbocycles. The van der Waals surface area contributed by atoms with Crippen molar-refractivity contribution in [2.75, 3.05) is 31.6 Å². The lowest BCUT2D eigenvalue weighted by Gasteiger charge is -2.23. The molecule has 0 spiro atoms. The molecule has 5 heteroatoms. The fourth-order valence-electron chi connectivity index (χ4n) is 2.14. The number of nitrogens with one attached hydrogen (secondary N) is 2. The minimum absolute atomic E-state index is 0.0879. The van der Waals surface area contributed by atoms with Crippen LogP contribution in [0.15, 0.2) is 18.2 Å². The molecule has 0 unspecified atom stereocenters. The van der Waals surface area contributed by atoms with E-state index in [2.05, 4.69) is 17.6 Å². The SMILES string of the molecule is CCCNCc1cccc(F)c1N(C)CC(=O)NCCC. The Bertz CT molecular complexity index is 451. The maximum absolute atomic E-state index is 14.1. The van der Waals surface area contributed by atoms with E-state index in [0.29, 0.717) is 18.8 Å². The molecule has 0 aliphatic heterocycles. The second kappa shape index (κ2) is 9.34. The molecule has 0 radical (unpaired) electrons. The molecule has 1 amide bonds. The third kappa shape index (κ3) is 5.71. The van der Waals surface area contributed by atoms with E-state index in [9.17, 15) is 9.18 Å². The number of amides is 1. The summed E-state index contributed by atoms with van der Waals surface area (Å²) >= 11 is 0. The first kappa shape index (κ1) is 17.4. The van der Waals surface area contributed by atoms with Crippen molar-refractivity contribution < 1.29 is 9.18 Å². The van der Waals surface area contributed by atoms with Gasteiger partial charge in [0, 0.05) is 20.1 Å². The second-order valence-electron chi connectivity index (χ2n) is 5.13. The van der Waals surface area contributed by atoms with E-state index >= 15 is 0 Å². The molecule has 4 nitrogen and oxygen atoms in total. The lowest BCUT2D eigenvalue weighted by Crippen LogP contribution is -2.36. The first-order valence-corrected chi connectivity index (χ1v) is 7.56. The van der Waals surface area contributed by atoms with Gasteiger partial charge in [0.25, 0.3) is 0 Å². The Morgan fingerprint density at radius 3 is 2.62 bits per heavy atom. The molecule has 0 aliphatic rings. The fourth-order valence-corrected chi connectivity index (χ4v) is 2.14. The number of carbonyl (C=O) groups excluding carboxylic acids is 1. The zero-order chi connectivity index (χ0) is 15.7. The Balaban J connectivity index is 2.76. The van der Waals surface area contributed by atoms with Crippen LogP contribution in [0, 0.1) is 5.82 Å². The van der Waals surface area contributed by atoms with Crippen LogP contribution < -0.4 is 15.5 Å². The zero-order valence-electron chi connectivity index (χ0n) is 13.2. The van der Waals surface area contributed by atoms with Crippen molar-refractivity contribution >= 4 is 11.6 Å². The van der Waals surface area contributed by atoms with Crippen molar-refractivity contribution in [1.29, 1.82) is 0 Å². The van der Waals surface area contributed by atoms with Gasteiger partial charge < -0.3 is 15.5 Å². The molecule has 118 valence electrons. The van der Waals surface area contributed by atoms with Gasteiger partial charge in [0.1, 0.15) is 5.82 Å². The molecule has 0 aromatic heterocycles. The number of nitrogens with zero attached hydrogens (tertiary/aromatic N) is 1. The highest BCUT2D eigenvalue weighted by molar-refractivity contribution is 5.81. The van der Waals surface area contributed by atoms with Crippen LogP contribution in [0.1, 0.15) is 32.3 Å². The van der Waals surface area contributed by atoms with Gasteiger partial charge in [0.15, 0.2) is 0 Å². The standard InChI is InChI=1S/C16H26FN3O/c1-4-9-18-11-13-7-6-8-14(17)16(13)20(3)12-15(21)19-10-5-2/h6-8,18H,4-5,9-12H2,1-3H3,(H,19,21). The van der Waals surface area contributed by atoms with Gasteiger partial charge in [0.2, 0.25) is 5.91 Å². The van der Waals surface area contributed by atoms with Crippen LogP contribution in [0.2, 0.25) is 0 Å². The molecule has 0 heterocycles. The molecule has 2 N–H and O–H groups in total. The number of carbonyl (C=O) groups is 1. The third-order valence-electron chi connectivity index (χ3n) is 3.15. The van der Waals surface area contributed by atoms with E-state index in [1.807, 2.05) is 13.0 Å². The molecular weight excluding hydrogens is 269 g/mol. The highest BCUT2D eigenvalue weighted by Crippen LogP contribution is 2.23. The highest BCUT2D eigenvalue weighted by atomic mass is 19.1. The van der Waals surface area contributed by atoms with Gasteiger partial charge >= 0.3 is 0 Å². The van der Waals surface area contributed by atoms with E-state index in [1.165, 1.54) is 6.07 Å². The summed E-state index contributed by atoms with van der Waals surface area (Å²) < 4.78 is 14.1. The number of benzene rings is 1. The second-order valence-corrected chi connectivity index (χ2v) is 5.13. The Hall–Kier alpha value is -1.62. The Morgan fingerprint density at radius 1 is 1.24 bits per heavy atom. The van der Waals surface area contributed by atoms with Crippen molar-refractivity contribution in [1.82, 2.24) is 10.6 Å². The fraction of sp³-hybridized carbons (Fsp3) is 0.562. The van der Waals surface area contributed by atoms with Crippen LogP contribution in [0.25, 0.3) is 0 Å². The van der Waals surface area contributed by atoms with E-state index in [0.717, 1.165) is 24.9 Å². The molecule has 1 aromatic carbocycles. The quantitative estimate of drug-likeness (QED) is 0.687. The average molecular weight is 295 g/mol. The number of hydrogen-bond acceptors (Lipinski definition) is 3. The van der Waals surface area contributed by atoms with E-state index in [4.69, 9.17) is 0 Å². The number of halogens is 1. The monoisotopic (exact) mass is 295 g/mol. The predicted octanol–water partition coefficient (Wildman–Crippen LogP) is 2.29. The Morgan fingerprint density at radius 2 is 1.95 bits per heavy atom. The van der Waals surface area contributed by atoms with Crippen LogP contribution in [0.5, 0.6) is 0 Å². The summed E-state index contributed by atoms with van der Waals surface area (Å²) in [4.78, 5) is 13.4. The van der Waals surface area contributed by atoms with Crippen LogP contribution in [-0.4, -0.2) is 32.6 Å². The van der Waals surface area contributed by atoms with Gasteiger partial charge in [0.05, 0.1) is 12.2 Å². The molecular formula is C16H26FN3O. The van der Waals surface area contributed by atoms with Gasteiger partial charge in [-0.25, -0.2) is 4.39 Å². The van der Waals surface area contributed by atoms with Gasteiger partial charge in [-0.3, -0.25) is 4.79 Å². The lowest BCUT2D eigenvalue weighted by molar-refractivity contribution is -0.119. The number of hydrogen-bond donors (Lipinski definition) is 2. The third-order valence-corrected chi connectivity index (χ3v) is 3.15. The maximum Gasteiger partial charge on any atom is 0.239 e. The summed E-state index contributed by atoms with van der Waals surface area (Å²) in [6.45, 7) is 6.37. The summed E-state index contributed by atoms with van der Waals surface area (Å²) in [5.41, 5.74) is 1.36. The Kier molecular flexibility index (Phi) is 7.75. The maximum atomic E-state index is 14.1. The van der Waals surface area contributed by atoms with Gasteiger partial charge in [-0.1, -0.05) is 26.0 Å². The van der Waals surface area contributed by atoms with Crippen molar-refractivity contribution in [3.05, 3.63) is 29.6 Å². The van der Waals surface area contributed by atoms with Gasteiger partial charge in [-0.15, -0.1) is 0 Å². The Labute approximate surface area is 126 Å². The minimum atomic E-state index is -0.295. The first-order chi connectivity index (χ1) is 10.1. The first-order valence-electron chi connectivity index (χ1n) is 7.56. The summed E-state index contributed by atoms with van der Waals surface area (Å²) in [7, 11) is 1.74. The topological polar surface area (TPSA) is 44.4 Å². The number of rotatable bonds is 9. The highest BCUT2D eigenvalue weighted by Gasteiger charge is 2.15. The molecule has 1 rings (SSSR count).